The topological polar surface area (TPSA) is 62.5 Å². The number of aromatic hydroxyl groups is 1. The second kappa shape index (κ2) is 4.74. The molecular weight excluding hydrogens is 254 g/mol. The van der Waals surface area contributed by atoms with Gasteiger partial charge in [0.2, 0.25) is 0 Å². The summed E-state index contributed by atoms with van der Waals surface area (Å²) in [6, 6.07) is 14.5. The zero-order valence-corrected chi connectivity index (χ0v) is 10.9. The van der Waals surface area contributed by atoms with Gasteiger partial charge in [-0.1, -0.05) is 18.2 Å². The van der Waals surface area contributed by atoms with Gasteiger partial charge in [-0.25, -0.2) is 4.79 Å². The molecule has 0 unspecified atom stereocenters. The maximum absolute atomic E-state index is 11.4. The van der Waals surface area contributed by atoms with E-state index in [0.29, 0.717) is 5.69 Å². The zero-order valence-electron chi connectivity index (χ0n) is 10.9. The summed E-state index contributed by atoms with van der Waals surface area (Å²) in [5.41, 5.74) is 1.85. The van der Waals surface area contributed by atoms with E-state index < -0.39 is 5.63 Å². The van der Waals surface area contributed by atoms with Crippen molar-refractivity contribution in [1.82, 2.24) is 0 Å². The van der Waals surface area contributed by atoms with E-state index in [2.05, 4.69) is 5.32 Å². The van der Waals surface area contributed by atoms with Crippen LogP contribution in [0.25, 0.3) is 11.0 Å². The maximum atomic E-state index is 11.4. The van der Waals surface area contributed by atoms with E-state index in [-0.39, 0.29) is 11.3 Å². The average molecular weight is 267 g/mol. The van der Waals surface area contributed by atoms with Gasteiger partial charge in [-0.05, 0) is 36.8 Å². The normalized spacial score (nSPS) is 10.7. The smallest absolute Gasteiger partial charge is 0.336 e. The van der Waals surface area contributed by atoms with E-state index in [9.17, 15) is 9.90 Å². The Morgan fingerprint density at radius 2 is 1.85 bits per heavy atom. The largest absolute Gasteiger partial charge is 0.503 e. The summed E-state index contributed by atoms with van der Waals surface area (Å²) in [6.07, 6.45) is 0. The Morgan fingerprint density at radius 3 is 2.60 bits per heavy atom. The zero-order chi connectivity index (χ0) is 14.1. The Balaban J connectivity index is 2.14. The first kappa shape index (κ1) is 12.3. The molecule has 0 aliphatic carbocycles. The van der Waals surface area contributed by atoms with E-state index in [0.717, 1.165) is 16.6 Å². The lowest BCUT2D eigenvalue weighted by Crippen LogP contribution is -1.99. The van der Waals surface area contributed by atoms with Crippen LogP contribution in [0.2, 0.25) is 0 Å². The van der Waals surface area contributed by atoms with Crippen molar-refractivity contribution >= 4 is 22.3 Å². The summed E-state index contributed by atoms with van der Waals surface area (Å²) >= 11 is 0. The van der Waals surface area contributed by atoms with Crippen molar-refractivity contribution in [2.24, 2.45) is 0 Å². The second-order valence-corrected chi connectivity index (χ2v) is 4.58. The third-order valence-electron chi connectivity index (χ3n) is 3.15. The Morgan fingerprint density at radius 1 is 1.10 bits per heavy atom. The molecule has 0 radical (unpaired) electrons. The first-order valence-electron chi connectivity index (χ1n) is 6.23. The van der Waals surface area contributed by atoms with E-state index >= 15 is 0 Å². The number of hydrogen-bond acceptors (Lipinski definition) is 4. The fourth-order valence-electron chi connectivity index (χ4n) is 2.15. The number of fused-ring (bicyclic) bond motifs is 1. The van der Waals surface area contributed by atoms with Crippen LogP contribution in [-0.2, 0) is 0 Å². The number of phenolic OH excluding ortho intramolecular Hbond substituents is 1. The lowest BCUT2D eigenvalue weighted by Gasteiger charge is -2.10. The fourth-order valence-corrected chi connectivity index (χ4v) is 2.15. The van der Waals surface area contributed by atoms with Gasteiger partial charge in [0.1, 0.15) is 0 Å². The number of phenols is 1. The lowest BCUT2D eigenvalue weighted by molar-refractivity contribution is 0.459. The molecule has 0 saturated carbocycles. The standard InChI is InChI=1S/C16H13NO3/c1-10-9-14(18)20-16-12(10)7-8-13(15(16)19)17-11-5-3-2-4-6-11/h2-9,17,19H,1H3. The first-order valence-corrected chi connectivity index (χ1v) is 6.23. The lowest BCUT2D eigenvalue weighted by atomic mass is 10.1. The van der Waals surface area contributed by atoms with Crippen LogP contribution in [0.5, 0.6) is 5.75 Å². The Hall–Kier alpha value is -2.75. The molecule has 2 aromatic carbocycles. The molecule has 3 aromatic rings. The van der Waals surface area contributed by atoms with Crippen LogP contribution in [-0.4, -0.2) is 5.11 Å². The van der Waals surface area contributed by atoms with Gasteiger partial charge in [-0.3, -0.25) is 0 Å². The van der Waals surface area contributed by atoms with Gasteiger partial charge in [0.15, 0.2) is 11.3 Å². The van der Waals surface area contributed by atoms with Crippen molar-refractivity contribution in [3.05, 3.63) is 64.5 Å². The fraction of sp³-hybridized carbons (Fsp3) is 0.0625. The number of benzene rings is 2. The van der Waals surface area contributed by atoms with Gasteiger partial charge in [-0.15, -0.1) is 0 Å². The third kappa shape index (κ3) is 2.12. The van der Waals surface area contributed by atoms with E-state index in [4.69, 9.17) is 4.42 Å². The molecule has 4 nitrogen and oxygen atoms in total. The average Bonchev–Trinajstić information content (AvgIpc) is 2.43. The molecule has 1 heterocycles. The monoisotopic (exact) mass is 267 g/mol. The van der Waals surface area contributed by atoms with Gasteiger partial charge >= 0.3 is 5.63 Å². The van der Waals surface area contributed by atoms with Crippen molar-refractivity contribution < 1.29 is 9.52 Å². The minimum absolute atomic E-state index is 0.0628. The predicted molar refractivity (Wildman–Crippen MR) is 78.6 cm³/mol. The third-order valence-corrected chi connectivity index (χ3v) is 3.15. The summed E-state index contributed by atoms with van der Waals surface area (Å²) < 4.78 is 5.11. The highest BCUT2D eigenvalue weighted by atomic mass is 16.4. The minimum atomic E-state index is -0.470. The first-order chi connectivity index (χ1) is 9.65. The molecule has 3 rings (SSSR count). The van der Waals surface area contributed by atoms with E-state index in [1.165, 1.54) is 6.07 Å². The van der Waals surface area contributed by atoms with Gasteiger partial charge in [0.25, 0.3) is 0 Å². The number of para-hydroxylation sites is 1. The van der Waals surface area contributed by atoms with E-state index in [1.807, 2.05) is 43.3 Å². The van der Waals surface area contributed by atoms with Gasteiger partial charge in [-0.2, -0.15) is 0 Å². The molecule has 20 heavy (non-hydrogen) atoms. The Labute approximate surface area is 115 Å². The predicted octanol–water partition coefficient (Wildman–Crippen LogP) is 3.55. The quantitative estimate of drug-likeness (QED) is 0.550. The number of nitrogens with one attached hydrogen (secondary N) is 1. The second-order valence-electron chi connectivity index (χ2n) is 4.58. The van der Waals surface area contributed by atoms with Crippen LogP contribution in [0.15, 0.2) is 57.7 Å². The molecule has 0 aliphatic heterocycles. The number of hydrogen-bond donors (Lipinski definition) is 2. The van der Waals surface area contributed by atoms with Crippen LogP contribution in [0, 0.1) is 6.92 Å². The minimum Gasteiger partial charge on any atom is -0.503 e. The summed E-state index contributed by atoms with van der Waals surface area (Å²) in [6.45, 7) is 1.81. The van der Waals surface area contributed by atoms with Gasteiger partial charge in [0, 0.05) is 17.1 Å². The summed E-state index contributed by atoms with van der Waals surface area (Å²) in [7, 11) is 0. The van der Waals surface area contributed by atoms with Crippen molar-refractivity contribution in [3.8, 4) is 5.75 Å². The number of anilines is 2. The highest BCUT2D eigenvalue weighted by molar-refractivity contribution is 5.91. The van der Waals surface area contributed by atoms with E-state index in [1.54, 1.807) is 6.07 Å². The number of aryl methyl sites for hydroxylation is 1. The molecule has 100 valence electrons. The maximum Gasteiger partial charge on any atom is 0.336 e. The van der Waals surface area contributed by atoms with Crippen LogP contribution in [0.1, 0.15) is 5.56 Å². The molecule has 0 bridgehead atoms. The Kier molecular flexibility index (Phi) is 2.91. The molecule has 0 atom stereocenters. The SMILES string of the molecule is Cc1cc(=O)oc2c(O)c(Nc3ccccc3)ccc12. The molecule has 0 aliphatic rings. The Bertz CT molecular complexity index is 822. The van der Waals surface area contributed by atoms with Gasteiger partial charge in [0.05, 0.1) is 5.69 Å². The van der Waals surface area contributed by atoms with Gasteiger partial charge < -0.3 is 14.8 Å². The summed E-state index contributed by atoms with van der Waals surface area (Å²) in [5, 5.41) is 14.1. The van der Waals surface area contributed by atoms with Crippen LogP contribution in [0.3, 0.4) is 0 Å². The van der Waals surface area contributed by atoms with Crippen LogP contribution in [0.4, 0.5) is 11.4 Å². The molecule has 2 N–H and O–H groups in total. The molecule has 0 spiro atoms. The van der Waals surface area contributed by atoms with Crippen LogP contribution >= 0.6 is 0 Å². The molecule has 0 fully saturated rings. The molecular formula is C16H13NO3. The van der Waals surface area contributed by atoms with Crippen molar-refractivity contribution in [2.75, 3.05) is 5.32 Å². The summed E-state index contributed by atoms with van der Waals surface area (Å²) in [4.78, 5) is 11.4. The van der Waals surface area contributed by atoms with Crippen molar-refractivity contribution in [1.29, 1.82) is 0 Å². The molecule has 0 saturated heterocycles. The molecule has 0 amide bonds. The van der Waals surface area contributed by atoms with Crippen LogP contribution < -0.4 is 10.9 Å². The number of rotatable bonds is 2. The summed E-state index contributed by atoms with van der Waals surface area (Å²) in [5.74, 6) is -0.0628. The van der Waals surface area contributed by atoms with Crippen molar-refractivity contribution in [2.45, 2.75) is 6.92 Å². The molecule has 1 aromatic heterocycles. The van der Waals surface area contributed by atoms with Crippen molar-refractivity contribution in [3.63, 3.8) is 0 Å². The molecule has 4 heteroatoms. The highest BCUT2D eigenvalue weighted by Crippen LogP contribution is 2.34. The highest BCUT2D eigenvalue weighted by Gasteiger charge is 2.11.